The van der Waals surface area contributed by atoms with Gasteiger partial charge in [0.05, 0.1) is 11.1 Å². The van der Waals surface area contributed by atoms with Crippen LogP contribution in [-0.4, -0.2) is 22.5 Å². The molecule has 0 amide bonds. The van der Waals surface area contributed by atoms with Gasteiger partial charge in [0.2, 0.25) is 0 Å². The van der Waals surface area contributed by atoms with E-state index in [0.29, 0.717) is 11.1 Å². The lowest BCUT2D eigenvalue weighted by Crippen LogP contribution is -2.24. The summed E-state index contributed by atoms with van der Waals surface area (Å²) < 4.78 is 5.38. The Balaban J connectivity index is 2.26. The number of hydrogen-bond acceptors (Lipinski definition) is 4. The summed E-state index contributed by atoms with van der Waals surface area (Å²) in [7, 11) is 0. The summed E-state index contributed by atoms with van der Waals surface area (Å²) in [5, 5.41) is 9.72. The van der Waals surface area contributed by atoms with Crippen LogP contribution >= 0.6 is 0 Å². The zero-order chi connectivity index (χ0) is 17.7. The second-order valence-electron chi connectivity index (χ2n) is 6.30. The normalized spacial score (nSPS) is 11.5. The SMILES string of the molecule is CC(C)(C)OC(=O)c1ccccc1C=CC(=O)c1ccccc1O. The molecule has 0 saturated carbocycles. The molecule has 1 N–H and O–H groups in total. The molecule has 24 heavy (non-hydrogen) atoms. The minimum Gasteiger partial charge on any atom is -0.507 e. The van der Waals surface area contributed by atoms with Crippen LogP contribution in [-0.2, 0) is 4.74 Å². The van der Waals surface area contributed by atoms with E-state index in [9.17, 15) is 14.7 Å². The van der Waals surface area contributed by atoms with Crippen LogP contribution in [0, 0.1) is 0 Å². The predicted octanol–water partition coefficient (Wildman–Crippen LogP) is 4.24. The Labute approximate surface area is 141 Å². The molecule has 0 fully saturated rings. The van der Waals surface area contributed by atoms with Crippen LogP contribution in [0.3, 0.4) is 0 Å². The molecule has 0 aliphatic carbocycles. The maximum absolute atomic E-state index is 12.3. The number of phenolic OH excluding ortho intramolecular Hbond substituents is 1. The van der Waals surface area contributed by atoms with Crippen molar-refractivity contribution >= 4 is 17.8 Å². The van der Waals surface area contributed by atoms with E-state index in [0.717, 1.165) is 0 Å². The fourth-order valence-corrected chi connectivity index (χ4v) is 2.10. The lowest BCUT2D eigenvalue weighted by atomic mass is 10.0. The average molecular weight is 324 g/mol. The third-order valence-electron chi connectivity index (χ3n) is 3.16. The first kappa shape index (κ1) is 17.5. The standard InChI is InChI=1S/C20H20O4/c1-20(2,3)24-19(23)15-9-5-4-8-14(15)12-13-18(22)16-10-6-7-11-17(16)21/h4-13,21H,1-3H3. The van der Waals surface area contributed by atoms with Crippen molar-refractivity contribution in [2.24, 2.45) is 0 Å². The van der Waals surface area contributed by atoms with E-state index in [4.69, 9.17) is 4.74 Å². The monoisotopic (exact) mass is 324 g/mol. The van der Waals surface area contributed by atoms with Crippen molar-refractivity contribution in [2.45, 2.75) is 26.4 Å². The lowest BCUT2D eigenvalue weighted by Gasteiger charge is -2.20. The van der Waals surface area contributed by atoms with Gasteiger partial charge in [-0.15, -0.1) is 0 Å². The zero-order valence-electron chi connectivity index (χ0n) is 13.9. The number of para-hydroxylation sites is 1. The molecular weight excluding hydrogens is 304 g/mol. The molecule has 0 radical (unpaired) electrons. The number of aromatic hydroxyl groups is 1. The first-order valence-corrected chi connectivity index (χ1v) is 7.61. The highest BCUT2D eigenvalue weighted by molar-refractivity contribution is 6.09. The molecule has 0 bridgehead atoms. The van der Waals surface area contributed by atoms with Crippen LogP contribution < -0.4 is 0 Å². The third-order valence-corrected chi connectivity index (χ3v) is 3.16. The number of carbonyl (C=O) groups is 2. The molecule has 0 aliphatic rings. The van der Waals surface area contributed by atoms with Gasteiger partial charge in [-0.3, -0.25) is 4.79 Å². The van der Waals surface area contributed by atoms with E-state index in [1.54, 1.807) is 69.3 Å². The van der Waals surface area contributed by atoms with E-state index in [2.05, 4.69) is 0 Å². The first-order valence-electron chi connectivity index (χ1n) is 7.61. The number of benzene rings is 2. The van der Waals surface area contributed by atoms with E-state index in [-0.39, 0.29) is 17.1 Å². The van der Waals surface area contributed by atoms with E-state index in [1.807, 2.05) is 0 Å². The highest BCUT2D eigenvalue weighted by Gasteiger charge is 2.19. The molecule has 2 aromatic rings. The maximum Gasteiger partial charge on any atom is 0.339 e. The summed E-state index contributed by atoms with van der Waals surface area (Å²) in [6.45, 7) is 5.39. The summed E-state index contributed by atoms with van der Waals surface area (Å²) in [6.07, 6.45) is 2.88. The summed E-state index contributed by atoms with van der Waals surface area (Å²) >= 11 is 0. The fraction of sp³-hybridized carbons (Fsp3) is 0.200. The number of allylic oxidation sites excluding steroid dienone is 1. The Morgan fingerprint density at radius 1 is 0.958 bits per heavy atom. The molecule has 0 aliphatic heterocycles. The van der Waals surface area contributed by atoms with Crippen LogP contribution in [0.1, 0.15) is 47.1 Å². The van der Waals surface area contributed by atoms with Crippen molar-refractivity contribution in [3.05, 3.63) is 71.3 Å². The van der Waals surface area contributed by atoms with Crippen molar-refractivity contribution < 1.29 is 19.4 Å². The van der Waals surface area contributed by atoms with Gasteiger partial charge in [0.15, 0.2) is 5.78 Å². The molecular formula is C20H20O4. The number of ether oxygens (including phenoxy) is 1. The summed E-state index contributed by atoms with van der Waals surface area (Å²) in [5.74, 6) is -0.863. The lowest BCUT2D eigenvalue weighted by molar-refractivity contribution is 0.00692. The zero-order valence-corrected chi connectivity index (χ0v) is 13.9. The Morgan fingerprint density at radius 3 is 2.17 bits per heavy atom. The van der Waals surface area contributed by atoms with Crippen molar-refractivity contribution in [1.82, 2.24) is 0 Å². The second kappa shape index (κ2) is 7.13. The molecule has 0 unspecified atom stereocenters. The molecule has 2 rings (SSSR count). The summed E-state index contributed by atoms with van der Waals surface area (Å²) in [5.41, 5.74) is 0.576. The van der Waals surface area contributed by atoms with Crippen molar-refractivity contribution in [2.75, 3.05) is 0 Å². The number of rotatable bonds is 4. The van der Waals surface area contributed by atoms with Crippen molar-refractivity contribution in [3.63, 3.8) is 0 Å². The number of ketones is 1. The highest BCUT2D eigenvalue weighted by Crippen LogP contribution is 2.19. The molecule has 0 heterocycles. The van der Waals surface area contributed by atoms with Crippen LogP contribution in [0.25, 0.3) is 6.08 Å². The number of esters is 1. The minimum atomic E-state index is -0.598. The number of carbonyl (C=O) groups excluding carboxylic acids is 2. The summed E-state index contributed by atoms with van der Waals surface area (Å²) in [6, 6.07) is 13.2. The minimum absolute atomic E-state index is 0.0763. The maximum atomic E-state index is 12.3. The van der Waals surface area contributed by atoms with Gasteiger partial charge in [0.25, 0.3) is 0 Å². The molecule has 0 spiro atoms. The highest BCUT2D eigenvalue weighted by atomic mass is 16.6. The van der Waals surface area contributed by atoms with Gasteiger partial charge in [0, 0.05) is 0 Å². The Kier molecular flexibility index (Phi) is 5.19. The van der Waals surface area contributed by atoms with E-state index in [1.165, 1.54) is 12.1 Å². The quantitative estimate of drug-likeness (QED) is 0.519. The van der Waals surface area contributed by atoms with Gasteiger partial charge < -0.3 is 9.84 Å². The number of hydrogen-bond donors (Lipinski definition) is 1. The van der Waals surface area contributed by atoms with Gasteiger partial charge in [-0.1, -0.05) is 36.4 Å². The Morgan fingerprint density at radius 2 is 1.54 bits per heavy atom. The fourth-order valence-electron chi connectivity index (χ4n) is 2.10. The van der Waals surface area contributed by atoms with Crippen LogP contribution in [0.15, 0.2) is 54.6 Å². The second-order valence-corrected chi connectivity index (χ2v) is 6.30. The predicted molar refractivity (Wildman–Crippen MR) is 93.1 cm³/mol. The van der Waals surface area contributed by atoms with Gasteiger partial charge in [-0.05, 0) is 50.6 Å². The molecule has 4 heteroatoms. The van der Waals surface area contributed by atoms with Crippen LogP contribution in [0.2, 0.25) is 0 Å². The first-order chi connectivity index (χ1) is 11.3. The van der Waals surface area contributed by atoms with Gasteiger partial charge in [0.1, 0.15) is 11.4 Å². The molecule has 2 aromatic carbocycles. The van der Waals surface area contributed by atoms with Crippen LogP contribution in [0.4, 0.5) is 0 Å². The van der Waals surface area contributed by atoms with E-state index < -0.39 is 11.6 Å². The molecule has 0 saturated heterocycles. The van der Waals surface area contributed by atoms with Crippen molar-refractivity contribution in [1.29, 1.82) is 0 Å². The van der Waals surface area contributed by atoms with Crippen molar-refractivity contribution in [3.8, 4) is 5.75 Å². The van der Waals surface area contributed by atoms with Gasteiger partial charge >= 0.3 is 5.97 Å². The molecule has 124 valence electrons. The number of phenols is 1. The third kappa shape index (κ3) is 4.56. The largest absolute Gasteiger partial charge is 0.507 e. The van der Waals surface area contributed by atoms with E-state index >= 15 is 0 Å². The average Bonchev–Trinajstić information content (AvgIpc) is 2.51. The van der Waals surface area contributed by atoms with Gasteiger partial charge in [-0.25, -0.2) is 4.79 Å². The topological polar surface area (TPSA) is 63.6 Å². The van der Waals surface area contributed by atoms with Gasteiger partial charge in [-0.2, -0.15) is 0 Å². The molecule has 4 nitrogen and oxygen atoms in total. The smallest absolute Gasteiger partial charge is 0.339 e. The van der Waals surface area contributed by atoms with Crippen LogP contribution in [0.5, 0.6) is 5.75 Å². The Bertz CT molecular complexity index is 782. The Hall–Kier alpha value is -2.88. The molecule has 0 atom stereocenters. The molecule has 0 aromatic heterocycles. The summed E-state index contributed by atoms with van der Waals surface area (Å²) in [4.78, 5) is 24.5.